The average Bonchev–Trinajstić information content (AvgIpc) is 1.59. The van der Waals surface area contributed by atoms with E-state index < -0.39 is 0 Å². The van der Waals surface area contributed by atoms with Gasteiger partial charge in [0, 0.05) is 0 Å². The normalized spacial score (nSPS) is 12.6. The van der Waals surface area contributed by atoms with Gasteiger partial charge in [-0.25, -0.2) is 0 Å². The molecule has 10 heavy (non-hydrogen) atoms. The third-order valence-corrected chi connectivity index (χ3v) is 1.06. The highest BCUT2D eigenvalue weighted by molar-refractivity contribution is 4.67. The van der Waals surface area contributed by atoms with Crippen LogP contribution in [0.1, 0.15) is 41.0 Å². The summed E-state index contributed by atoms with van der Waals surface area (Å²) in [5.74, 6) is 0. The monoisotopic (exact) mass is 143 g/mol. The zero-order valence-electron chi connectivity index (χ0n) is 7.77. The first-order chi connectivity index (χ1) is 4.42. The van der Waals surface area contributed by atoms with Crippen molar-refractivity contribution >= 4 is 0 Å². The van der Waals surface area contributed by atoms with Gasteiger partial charge in [-0.1, -0.05) is 20.8 Å². The van der Waals surface area contributed by atoms with Crippen LogP contribution in [-0.4, -0.2) is 6.10 Å². The minimum absolute atomic E-state index is 0.322. The second kappa shape index (κ2) is 3.97. The summed E-state index contributed by atoms with van der Waals surface area (Å²) in [5, 5.41) is 0. The van der Waals surface area contributed by atoms with Crippen LogP contribution in [0.4, 0.5) is 0 Å². The molecule has 0 aliphatic heterocycles. The largest absolute Gasteiger partial charge is 0.373 e. The molecule has 0 atom stereocenters. The van der Waals surface area contributed by atoms with Gasteiger partial charge in [0.1, 0.15) is 0 Å². The molecular weight excluding hydrogens is 124 g/mol. The first-order valence-electron chi connectivity index (χ1n) is 3.89. The molecule has 0 N–H and O–H groups in total. The number of rotatable bonds is 3. The molecule has 0 aliphatic carbocycles. The Hall–Kier alpha value is -0.0400. The van der Waals surface area contributed by atoms with Crippen LogP contribution in [-0.2, 0) is 4.74 Å². The van der Waals surface area contributed by atoms with Gasteiger partial charge in [0.25, 0.3) is 0 Å². The van der Waals surface area contributed by atoms with Gasteiger partial charge in [-0.15, -0.1) is 0 Å². The zero-order valence-corrected chi connectivity index (χ0v) is 7.77. The van der Waals surface area contributed by atoms with E-state index in [0.29, 0.717) is 11.5 Å². The lowest BCUT2D eigenvalue weighted by molar-refractivity contribution is 0.115. The van der Waals surface area contributed by atoms with Crippen LogP contribution in [0.2, 0.25) is 0 Å². The molecule has 0 aromatic heterocycles. The molecule has 0 aliphatic rings. The lowest BCUT2D eigenvalue weighted by Crippen LogP contribution is -2.08. The Labute approximate surface area is 64.8 Å². The quantitative estimate of drug-likeness (QED) is 0.590. The highest BCUT2D eigenvalue weighted by Crippen LogP contribution is 2.20. The van der Waals surface area contributed by atoms with Crippen LogP contribution in [0.5, 0.6) is 0 Å². The molecule has 0 saturated heterocycles. The Morgan fingerprint density at radius 1 is 1.30 bits per heavy atom. The zero-order chi connectivity index (χ0) is 8.20. The second-order valence-electron chi connectivity index (χ2n) is 4.12. The summed E-state index contributed by atoms with van der Waals surface area (Å²) in [4.78, 5) is 0. The molecule has 0 bridgehead atoms. The van der Waals surface area contributed by atoms with E-state index in [0.717, 1.165) is 6.42 Å². The predicted octanol–water partition coefficient (Wildman–Crippen LogP) is 3.01. The Kier molecular flexibility index (Phi) is 3.95. The Morgan fingerprint density at radius 3 is 2.10 bits per heavy atom. The molecule has 0 aromatic rings. The van der Waals surface area contributed by atoms with Gasteiger partial charge in [-0.3, -0.25) is 0 Å². The SMILES string of the molecule is CC(C)O[CH]CC(C)(C)C. The fraction of sp³-hybridized carbons (Fsp3) is 0.889. The third-order valence-electron chi connectivity index (χ3n) is 1.06. The summed E-state index contributed by atoms with van der Waals surface area (Å²) >= 11 is 0. The van der Waals surface area contributed by atoms with Gasteiger partial charge in [0.05, 0.1) is 12.7 Å². The molecule has 1 nitrogen and oxygen atoms in total. The molecule has 0 aromatic carbocycles. The minimum atomic E-state index is 0.322. The standard InChI is InChI=1S/C9H19O/c1-8(2)10-7-6-9(3,4)5/h7-8H,6H2,1-5H3. The van der Waals surface area contributed by atoms with E-state index in [1.165, 1.54) is 0 Å². The van der Waals surface area contributed by atoms with E-state index in [1.54, 1.807) is 0 Å². The molecule has 0 heterocycles. The van der Waals surface area contributed by atoms with E-state index in [1.807, 2.05) is 20.5 Å². The van der Waals surface area contributed by atoms with Gasteiger partial charge < -0.3 is 4.74 Å². The van der Waals surface area contributed by atoms with Crippen molar-refractivity contribution in [2.24, 2.45) is 5.41 Å². The first-order valence-corrected chi connectivity index (χ1v) is 3.89. The fourth-order valence-corrected chi connectivity index (χ4v) is 0.491. The number of hydrogen-bond acceptors (Lipinski definition) is 1. The van der Waals surface area contributed by atoms with Crippen molar-refractivity contribution < 1.29 is 4.74 Å². The van der Waals surface area contributed by atoms with Crippen molar-refractivity contribution in [2.75, 3.05) is 0 Å². The first kappa shape index (κ1) is 9.96. The minimum Gasteiger partial charge on any atom is -0.373 e. The molecule has 0 amide bonds. The van der Waals surface area contributed by atoms with Crippen LogP contribution < -0.4 is 0 Å². The average molecular weight is 143 g/mol. The van der Waals surface area contributed by atoms with Crippen molar-refractivity contribution in [1.82, 2.24) is 0 Å². The molecule has 1 heteroatoms. The molecule has 0 fully saturated rings. The topological polar surface area (TPSA) is 9.23 Å². The smallest absolute Gasteiger partial charge is 0.0845 e. The number of hydrogen-bond donors (Lipinski definition) is 0. The summed E-state index contributed by atoms with van der Waals surface area (Å²) in [7, 11) is 0. The maximum atomic E-state index is 5.29. The Balaban J connectivity index is 3.21. The fourth-order valence-electron chi connectivity index (χ4n) is 0.491. The van der Waals surface area contributed by atoms with Gasteiger partial charge >= 0.3 is 0 Å². The summed E-state index contributed by atoms with van der Waals surface area (Å²) < 4.78 is 5.29. The molecule has 61 valence electrons. The lowest BCUT2D eigenvalue weighted by atomic mass is 9.93. The van der Waals surface area contributed by atoms with Crippen LogP contribution >= 0.6 is 0 Å². The summed E-state index contributed by atoms with van der Waals surface area (Å²) in [5.41, 5.74) is 0.356. The molecule has 0 unspecified atom stereocenters. The molecule has 0 spiro atoms. The Morgan fingerprint density at radius 2 is 1.80 bits per heavy atom. The predicted molar refractivity (Wildman–Crippen MR) is 44.6 cm³/mol. The second-order valence-corrected chi connectivity index (χ2v) is 4.12. The maximum Gasteiger partial charge on any atom is 0.0845 e. The van der Waals surface area contributed by atoms with Gasteiger partial charge in [0.2, 0.25) is 0 Å². The van der Waals surface area contributed by atoms with E-state index in [2.05, 4.69) is 20.8 Å². The highest BCUT2D eigenvalue weighted by Gasteiger charge is 2.09. The summed E-state index contributed by atoms with van der Waals surface area (Å²) in [6.07, 6.45) is 1.34. The van der Waals surface area contributed by atoms with Crippen LogP contribution in [0.15, 0.2) is 0 Å². The summed E-state index contributed by atoms with van der Waals surface area (Å²) in [6, 6.07) is 0. The van der Waals surface area contributed by atoms with Crippen molar-refractivity contribution in [3.8, 4) is 0 Å². The molecule has 0 saturated carbocycles. The van der Waals surface area contributed by atoms with Gasteiger partial charge in [-0.2, -0.15) is 0 Å². The highest BCUT2D eigenvalue weighted by atomic mass is 16.5. The molecule has 0 rings (SSSR count). The van der Waals surface area contributed by atoms with E-state index in [9.17, 15) is 0 Å². The van der Waals surface area contributed by atoms with Crippen LogP contribution in [0, 0.1) is 12.0 Å². The van der Waals surface area contributed by atoms with Gasteiger partial charge in [-0.05, 0) is 25.7 Å². The van der Waals surface area contributed by atoms with Gasteiger partial charge in [0.15, 0.2) is 0 Å². The van der Waals surface area contributed by atoms with Crippen LogP contribution in [0.3, 0.4) is 0 Å². The molecular formula is C9H19O. The van der Waals surface area contributed by atoms with E-state index in [-0.39, 0.29) is 0 Å². The Bertz CT molecular complexity index is 79.2. The van der Waals surface area contributed by atoms with Crippen molar-refractivity contribution in [3.63, 3.8) is 0 Å². The van der Waals surface area contributed by atoms with Crippen molar-refractivity contribution in [1.29, 1.82) is 0 Å². The third kappa shape index (κ3) is 7.96. The van der Waals surface area contributed by atoms with E-state index >= 15 is 0 Å². The molecule has 1 radical (unpaired) electrons. The lowest BCUT2D eigenvalue weighted by Gasteiger charge is -2.18. The summed E-state index contributed by atoms with van der Waals surface area (Å²) in [6.45, 7) is 12.6. The van der Waals surface area contributed by atoms with Crippen molar-refractivity contribution in [2.45, 2.75) is 47.1 Å². The van der Waals surface area contributed by atoms with E-state index in [4.69, 9.17) is 4.74 Å². The van der Waals surface area contributed by atoms with Crippen molar-refractivity contribution in [3.05, 3.63) is 6.61 Å². The van der Waals surface area contributed by atoms with Crippen LogP contribution in [0.25, 0.3) is 0 Å². The maximum absolute atomic E-state index is 5.29. The number of ether oxygens (including phenoxy) is 1.